The molecule has 1 aliphatic rings. The third-order valence-electron chi connectivity index (χ3n) is 7.08. The summed E-state index contributed by atoms with van der Waals surface area (Å²) in [7, 11) is 0. The zero-order chi connectivity index (χ0) is 25.4. The molecule has 5 heterocycles. The second-order valence-corrected chi connectivity index (χ2v) is 10.4. The number of amides is 1. The molecule has 4 aromatic heterocycles. The summed E-state index contributed by atoms with van der Waals surface area (Å²) >= 11 is 1.71. The monoisotopic (exact) mass is 512 g/mol. The van der Waals surface area contributed by atoms with Crippen LogP contribution in [0.15, 0.2) is 66.6 Å². The van der Waals surface area contributed by atoms with Crippen molar-refractivity contribution >= 4 is 28.7 Å². The molecular weight excluding hydrogens is 484 g/mol. The third-order valence-corrected chi connectivity index (χ3v) is 8.02. The average molecular weight is 513 g/mol. The highest BCUT2D eigenvalue weighted by Crippen LogP contribution is 2.34. The molecule has 1 aliphatic heterocycles. The zero-order valence-corrected chi connectivity index (χ0v) is 21.6. The van der Waals surface area contributed by atoms with Crippen LogP contribution in [0.4, 0.5) is 5.82 Å². The highest BCUT2D eigenvalue weighted by Gasteiger charge is 2.28. The molecule has 0 saturated carbocycles. The van der Waals surface area contributed by atoms with Gasteiger partial charge in [0.1, 0.15) is 16.4 Å². The first kappa shape index (κ1) is 23.5. The molecule has 1 saturated heterocycles. The molecule has 1 unspecified atom stereocenters. The number of thiazole rings is 1. The van der Waals surface area contributed by atoms with Crippen LogP contribution in [0.3, 0.4) is 0 Å². The number of aryl methyl sites for hydroxylation is 1. The second kappa shape index (κ2) is 9.87. The van der Waals surface area contributed by atoms with Crippen LogP contribution in [0.2, 0.25) is 0 Å². The Kier molecular flexibility index (Phi) is 6.27. The van der Waals surface area contributed by atoms with E-state index in [0.29, 0.717) is 29.0 Å². The third kappa shape index (κ3) is 4.65. The normalized spacial score (nSPS) is 15.7. The number of benzene rings is 1. The van der Waals surface area contributed by atoms with Crippen LogP contribution in [0, 0.1) is 6.92 Å². The van der Waals surface area contributed by atoms with Crippen molar-refractivity contribution in [2.75, 3.05) is 18.4 Å². The van der Waals surface area contributed by atoms with Crippen molar-refractivity contribution in [2.45, 2.75) is 38.6 Å². The Morgan fingerprint density at radius 3 is 2.70 bits per heavy atom. The number of aromatic nitrogens is 6. The number of anilines is 1. The van der Waals surface area contributed by atoms with Gasteiger partial charge in [0, 0.05) is 36.0 Å². The van der Waals surface area contributed by atoms with Gasteiger partial charge in [0.25, 0.3) is 5.91 Å². The van der Waals surface area contributed by atoms with Gasteiger partial charge in [0.15, 0.2) is 5.65 Å². The maximum absolute atomic E-state index is 13.3. The maximum Gasteiger partial charge on any atom is 0.262 e. The van der Waals surface area contributed by atoms with Gasteiger partial charge in [-0.15, -0.1) is 11.3 Å². The van der Waals surface area contributed by atoms with E-state index in [0.717, 1.165) is 42.3 Å². The predicted octanol–water partition coefficient (Wildman–Crippen LogP) is 4.87. The summed E-state index contributed by atoms with van der Waals surface area (Å²) in [6.07, 6.45) is 8.86. The van der Waals surface area contributed by atoms with Gasteiger partial charge < -0.3 is 5.32 Å². The highest BCUT2D eigenvalue weighted by atomic mass is 32.1. The molecule has 0 bridgehead atoms. The van der Waals surface area contributed by atoms with Crippen LogP contribution in [0.1, 0.15) is 58.3 Å². The Labute approximate surface area is 218 Å². The van der Waals surface area contributed by atoms with Gasteiger partial charge in [-0.2, -0.15) is 10.2 Å². The number of hydrogen-bond acceptors (Lipinski definition) is 7. The highest BCUT2D eigenvalue weighted by molar-refractivity contribution is 7.09. The fourth-order valence-electron chi connectivity index (χ4n) is 4.92. The van der Waals surface area contributed by atoms with Gasteiger partial charge in [0.05, 0.1) is 23.6 Å². The van der Waals surface area contributed by atoms with Gasteiger partial charge in [-0.05, 0) is 58.0 Å². The van der Waals surface area contributed by atoms with Gasteiger partial charge in [-0.25, -0.2) is 19.2 Å². The number of nitrogens with zero attached hydrogens (tertiary/aromatic N) is 7. The van der Waals surface area contributed by atoms with E-state index >= 15 is 0 Å². The summed E-state index contributed by atoms with van der Waals surface area (Å²) in [4.78, 5) is 24.6. The van der Waals surface area contributed by atoms with Crippen LogP contribution >= 0.6 is 11.3 Å². The second-order valence-electron chi connectivity index (χ2n) is 9.46. The molecule has 188 valence electrons. The SMILES string of the molecule is Cc1ccc(-n2nc(C3CCN(C(C)c4nccs4)CC3)cc2NC(=O)c2cnn3cccnc23)cc1. The van der Waals surface area contributed by atoms with E-state index in [2.05, 4.69) is 51.3 Å². The van der Waals surface area contributed by atoms with E-state index in [4.69, 9.17) is 5.10 Å². The van der Waals surface area contributed by atoms with Crippen molar-refractivity contribution in [1.82, 2.24) is 34.3 Å². The predicted molar refractivity (Wildman–Crippen MR) is 143 cm³/mol. The van der Waals surface area contributed by atoms with Gasteiger partial charge >= 0.3 is 0 Å². The number of hydrogen-bond donors (Lipinski definition) is 1. The summed E-state index contributed by atoms with van der Waals surface area (Å²) in [5.74, 6) is 0.694. The molecule has 9 nitrogen and oxygen atoms in total. The van der Waals surface area contributed by atoms with Crippen LogP contribution in [-0.2, 0) is 0 Å². The quantitative estimate of drug-likeness (QED) is 0.349. The number of likely N-dealkylation sites (tertiary alicyclic amines) is 1. The topological polar surface area (TPSA) is 93.2 Å². The minimum atomic E-state index is -0.263. The molecule has 5 aromatic rings. The van der Waals surface area contributed by atoms with Crippen LogP contribution < -0.4 is 5.32 Å². The zero-order valence-electron chi connectivity index (χ0n) is 20.8. The number of carbonyl (C=O) groups excluding carboxylic acids is 1. The minimum absolute atomic E-state index is 0.263. The lowest BCUT2D eigenvalue weighted by atomic mass is 9.93. The van der Waals surface area contributed by atoms with E-state index < -0.39 is 0 Å². The molecule has 6 rings (SSSR count). The van der Waals surface area contributed by atoms with Gasteiger partial charge in [0.2, 0.25) is 0 Å². The lowest BCUT2D eigenvalue weighted by molar-refractivity contribution is 0.102. The average Bonchev–Trinajstić information content (AvgIpc) is 3.69. The minimum Gasteiger partial charge on any atom is -0.306 e. The van der Waals surface area contributed by atoms with Crippen molar-refractivity contribution in [2.24, 2.45) is 0 Å². The Morgan fingerprint density at radius 1 is 1.14 bits per heavy atom. The molecule has 0 spiro atoms. The Hall–Kier alpha value is -3.89. The van der Waals surface area contributed by atoms with Gasteiger partial charge in [-0.1, -0.05) is 17.7 Å². The summed E-state index contributed by atoms with van der Waals surface area (Å²) in [6, 6.07) is 12.3. The lowest BCUT2D eigenvalue weighted by Crippen LogP contribution is -2.35. The van der Waals surface area contributed by atoms with Crippen molar-refractivity contribution in [3.63, 3.8) is 0 Å². The fourth-order valence-corrected chi connectivity index (χ4v) is 5.65. The molecule has 1 atom stereocenters. The van der Waals surface area contributed by atoms with E-state index in [1.54, 1.807) is 40.5 Å². The van der Waals surface area contributed by atoms with Crippen molar-refractivity contribution < 1.29 is 4.79 Å². The van der Waals surface area contributed by atoms with E-state index in [1.165, 1.54) is 5.56 Å². The molecule has 0 radical (unpaired) electrons. The Bertz CT molecular complexity index is 1510. The smallest absolute Gasteiger partial charge is 0.262 e. The number of nitrogens with one attached hydrogen (secondary N) is 1. The molecule has 10 heteroatoms. The molecule has 1 fully saturated rings. The summed E-state index contributed by atoms with van der Waals surface area (Å²) in [5, 5.41) is 15.5. The van der Waals surface area contributed by atoms with Crippen molar-refractivity contribution in [3.8, 4) is 5.69 Å². The Morgan fingerprint density at radius 2 is 1.95 bits per heavy atom. The van der Waals surface area contributed by atoms with E-state index in [1.807, 2.05) is 34.5 Å². The van der Waals surface area contributed by atoms with Crippen LogP contribution in [-0.4, -0.2) is 53.3 Å². The van der Waals surface area contributed by atoms with Crippen LogP contribution in [0.25, 0.3) is 11.3 Å². The summed E-state index contributed by atoms with van der Waals surface area (Å²) < 4.78 is 3.43. The summed E-state index contributed by atoms with van der Waals surface area (Å²) in [6.45, 7) is 6.25. The first-order valence-electron chi connectivity index (χ1n) is 12.5. The molecule has 1 N–H and O–H groups in total. The van der Waals surface area contributed by atoms with Crippen molar-refractivity contribution in [1.29, 1.82) is 0 Å². The molecule has 0 aliphatic carbocycles. The number of fused-ring (bicyclic) bond motifs is 1. The molecule has 1 amide bonds. The number of rotatable bonds is 6. The van der Waals surface area contributed by atoms with E-state index in [-0.39, 0.29) is 5.91 Å². The number of piperidine rings is 1. The summed E-state index contributed by atoms with van der Waals surface area (Å²) in [5.41, 5.74) is 4.00. The molecule has 1 aromatic carbocycles. The van der Waals surface area contributed by atoms with Gasteiger partial charge in [-0.3, -0.25) is 9.69 Å². The molecular formula is C27H28N8OS. The Balaban J connectivity index is 1.26. The first-order valence-corrected chi connectivity index (χ1v) is 13.3. The number of carbonyl (C=O) groups is 1. The largest absolute Gasteiger partial charge is 0.306 e. The van der Waals surface area contributed by atoms with Crippen LogP contribution in [0.5, 0.6) is 0 Å². The molecule has 37 heavy (non-hydrogen) atoms. The fraction of sp³-hybridized carbons (Fsp3) is 0.296. The standard InChI is InChI=1S/C27H28N8OS/c1-18-4-6-21(7-5-18)35-24(31-26(36)22-17-30-34-12-3-10-28-25(22)34)16-23(32-35)20-8-13-33(14-9-20)19(2)27-29-11-15-37-27/h3-7,10-12,15-17,19-20H,8-9,13-14H2,1-2H3,(H,31,36). The van der Waals surface area contributed by atoms with E-state index in [9.17, 15) is 4.79 Å². The lowest BCUT2D eigenvalue weighted by Gasteiger charge is -2.34. The van der Waals surface area contributed by atoms with Crippen molar-refractivity contribution in [3.05, 3.63) is 88.4 Å². The first-order chi connectivity index (χ1) is 18.1. The maximum atomic E-state index is 13.3.